The summed E-state index contributed by atoms with van der Waals surface area (Å²) in [6, 6.07) is 4.12. The van der Waals surface area contributed by atoms with Crippen LogP contribution in [0.4, 0.5) is 0 Å². The third kappa shape index (κ3) is 5.04. The molecule has 0 spiro atoms. The number of nitrogens with one attached hydrogen (secondary N) is 3. The van der Waals surface area contributed by atoms with Gasteiger partial charge in [-0.2, -0.15) is 4.31 Å². The van der Waals surface area contributed by atoms with E-state index in [1.165, 1.54) is 22.5 Å². The molecule has 1 aromatic rings. The second kappa shape index (κ2) is 8.79. The van der Waals surface area contributed by atoms with Gasteiger partial charge in [-0.3, -0.25) is 15.6 Å². The van der Waals surface area contributed by atoms with Gasteiger partial charge in [0, 0.05) is 19.6 Å². The lowest BCUT2D eigenvalue weighted by molar-refractivity contribution is 0.0943. The van der Waals surface area contributed by atoms with Crippen molar-refractivity contribution in [2.45, 2.75) is 31.1 Å². The first-order valence-electron chi connectivity index (χ1n) is 8.00. The van der Waals surface area contributed by atoms with Crippen LogP contribution in [0.2, 0.25) is 5.02 Å². The molecule has 0 unspecified atom stereocenters. The molecule has 1 amide bonds. The van der Waals surface area contributed by atoms with Crippen LogP contribution in [0.1, 0.15) is 36.5 Å². The fraction of sp³-hybridized carbons (Fsp3) is 0.467. The summed E-state index contributed by atoms with van der Waals surface area (Å²) in [5, 5.41) is 3.23. The van der Waals surface area contributed by atoms with E-state index in [2.05, 4.69) is 16.2 Å². The molecule has 138 valence electrons. The second-order valence-electron chi connectivity index (χ2n) is 5.54. The van der Waals surface area contributed by atoms with E-state index in [4.69, 9.17) is 23.8 Å². The summed E-state index contributed by atoms with van der Waals surface area (Å²) in [4.78, 5) is 12.3. The summed E-state index contributed by atoms with van der Waals surface area (Å²) in [5.41, 5.74) is 4.99. The Morgan fingerprint density at radius 3 is 2.56 bits per heavy atom. The molecular weight excluding hydrogens is 384 g/mol. The fourth-order valence-corrected chi connectivity index (χ4v) is 4.42. The first-order valence-corrected chi connectivity index (χ1v) is 10.2. The predicted molar refractivity (Wildman–Crippen MR) is 101 cm³/mol. The van der Waals surface area contributed by atoms with Crippen LogP contribution in [0.25, 0.3) is 0 Å². The van der Waals surface area contributed by atoms with E-state index in [1.807, 2.05) is 6.92 Å². The molecule has 1 heterocycles. The van der Waals surface area contributed by atoms with Gasteiger partial charge in [-0.25, -0.2) is 8.42 Å². The quantitative estimate of drug-likeness (QED) is 0.522. The van der Waals surface area contributed by atoms with Gasteiger partial charge in [0.1, 0.15) is 0 Å². The molecule has 0 atom stereocenters. The van der Waals surface area contributed by atoms with Gasteiger partial charge in [0.2, 0.25) is 10.0 Å². The van der Waals surface area contributed by atoms with Crippen molar-refractivity contribution in [1.82, 2.24) is 20.5 Å². The number of hydrazine groups is 1. The first kappa shape index (κ1) is 19.9. The van der Waals surface area contributed by atoms with E-state index in [-0.39, 0.29) is 20.6 Å². The van der Waals surface area contributed by atoms with Crippen molar-refractivity contribution in [2.75, 3.05) is 19.6 Å². The highest BCUT2D eigenvalue weighted by Crippen LogP contribution is 2.25. The maximum absolute atomic E-state index is 12.7. The van der Waals surface area contributed by atoms with Crippen molar-refractivity contribution >= 4 is 44.9 Å². The molecule has 2 rings (SSSR count). The number of carbonyl (C=O) groups excluding carboxylic acids is 1. The van der Waals surface area contributed by atoms with E-state index in [1.54, 1.807) is 0 Å². The zero-order valence-corrected chi connectivity index (χ0v) is 16.2. The van der Waals surface area contributed by atoms with E-state index < -0.39 is 15.9 Å². The third-order valence-corrected chi connectivity index (χ3v) is 6.23. The van der Waals surface area contributed by atoms with Crippen molar-refractivity contribution in [2.24, 2.45) is 0 Å². The van der Waals surface area contributed by atoms with Crippen LogP contribution in [0.3, 0.4) is 0 Å². The van der Waals surface area contributed by atoms with Crippen molar-refractivity contribution < 1.29 is 13.2 Å². The summed E-state index contributed by atoms with van der Waals surface area (Å²) in [5.74, 6) is -0.569. The van der Waals surface area contributed by atoms with Crippen LogP contribution in [-0.4, -0.2) is 43.4 Å². The van der Waals surface area contributed by atoms with Crippen LogP contribution < -0.4 is 16.2 Å². The molecule has 0 radical (unpaired) electrons. The molecular formula is C15H21ClN4O3S2. The van der Waals surface area contributed by atoms with Crippen LogP contribution in [-0.2, 0) is 10.0 Å². The van der Waals surface area contributed by atoms with Gasteiger partial charge in [-0.15, -0.1) is 0 Å². The Morgan fingerprint density at radius 2 is 1.92 bits per heavy atom. The minimum atomic E-state index is -3.64. The van der Waals surface area contributed by atoms with Gasteiger partial charge in [0.15, 0.2) is 5.11 Å². The van der Waals surface area contributed by atoms with Gasteiger partial charge < -0.3 is 5.32 Å². The predicted octanol–water partition coefficient (Wildman–Crippen LogP) is 1.64. The minimum Gasteiger partial charge on any atom is -0.362 e. The molecule has 1 aromatic carbocycles. The molecule has 1 fully saturated rings. The molecule has 10 heteroatoms. The highest BCUT2D eigenvalue weighted by molar-refractivity contribution is 7.89. The molecule has 0 aromatic heterocycles. The number of piperidine rings is 1. The summed E-state index contributed by atoms with van der Waals surface area (Å²) >= 11 is 11.0. The largest absolute Gasteiger partial charge is 0.362 e. The van der Waals surface area contributed by atoms with Crippen molar-refractivity contribution in [1.29, 1.82) is 0 Å². The van der Waals surface area contributed by atoms with Crippen LogP contribution in [0.5, 0.6) is 0 Å². The average molecular weight is 405 g/mol. The first-order chi connectivity index (χ1) is 11.9. The van der Waals surface area contributed by atoms with Crippen LogP contribution >= 0.6 is 23.8 Å². The lowest BCUT2D eigenvalue weighted by Crippen LogP contribution is -2.46. The molecule has 7 nitrogen and oxygen atoms in total. The van der Waals surface area contributed by atoms with E-state index in [0.29, 0.717) is 19.6 Å². The summed E-state index contributed by atoms with van der Waals surface area (Å²) in [7, 11) is -3.64. The smallest absolute Gasteiger partial charge is 0.271 e. The number of rotatable bonds is 4. The lowest BCUT2D eigenvalue weighted by Gasteiger charge is -2.26. The molecule has 0 aliphatic carbocycles. The summed E-state index contributed by atoms with van der Waals surface area (Å²) < 4.78 is 26.9. The SMILES string of the molecule is CCNC(=S)NNC(=O)c1cc(S(=O)(=O)N2CCCCC2)ccc1Cl. The molecule has 1 saturated heterocycles. The molecule has 3 N–H and O–H groups in total. The number of benzene rings is 1. The van der Waals surface area contributed by atoms with Crippen LogP contribution in [0, 0.1) is 0 Å². The normalized spacial score (nSPS) is 15.4. The molecule has 0 bridgehead atoms. The Balaban J connectivity index is 2.19. The van der Waals surface area contributed by atoms with E-state index in [9.17, 15) is 13.2 Å². The highest BCUT2D eigenvalue weighted by Gasteiger charge is 2.27. The number of amides is 1. The summed E-state index contributed by atoms with van der Waals surface area (Å²) in [6.45, 7) is 3.45. The van der Waals surface area contributed by atoms with Crippen molar-refractivity contribution in [3.63, 3.8) is 0 Å². The monoisotopic (exact) mass is 404 g/mol. The molecule has 1 aliphatic rings. The summed E-state index contributed by atoms with van der Waals surface area (Å²) in [6.07, 6.45) is 2.70. The lowest BCUT2D eigenvalue weighted by atomic mass is 10.2. The average Bonchev–Trinajstić information content (AvgIpc) is 2.61. The number of halogens is 1. The molecule has 0 saturated carbocycles. The number of hydrogen-bond acceptors (Lipinski definition) is 4. The van der Waals surface area contributed by atoms with Crippen molar-refractivity contribution in [3.8, 4) is 0 Å². The van der Waals surface area contributed by atoms with E-state index >= 15 is 0 Å². The second-order valence-corrected chi connectivity index (χ2v) is 8.30. The number of hydrogen-bond donors (Lipinski definition) is 3. The number of thiocarbonyl (C=S) groups is 1. The third-order valence-electron chi connectivity index (χ3n) is 3.76. The minimum absolute atomic E-state index is 0.0539. The standard InChI is InChI=1S/C15H21ClN4O3S2/c1-2-17-15(24)19-18-14(21)12-10-11(6-7-13(12)16)25(22,23)20-8-4-3-5-9-20/h6-7,10H,2-5,8-9H2,1H3,(H,18,21)(H2,17,19,24). The van der Waals surface area contributed by atoms with Crippen molar-refractivity contribution in [3.05, 3.63) is 28.8 Å². The fourth-order valence-electron chi connectivity index (χ4n) is 2.48. The Labute approximate surface area is 158 Å². The number of carbonyl (C=O) groups is 1. The van der Waals surface area contributed by atoms with Gasteiger partial charge in [-0.1, -0.05) is 18.0 Å². The Hall–Kier alpha value is -1.42. The Kier molecular flexibility index (Phi) is 7.00. The van der Waals surface area contributed by atoms with Gasteiger partial charge in [-0.05, 0) is 50.2 Å². The van der Waals surface area contributed by atoms with E-state index in [0.717, 1.165) is 19.3 Å². The van der Waals surface area contributed by atoms with Gasteiger partial charge >= 0.3 is 0 Å². The maximum atomic E-state index is 12.7. The van der Waals surface area contributed by atoms with Gasteiger partial charge in [0.05, 0.1) is 15.5 Å². The van der Waals surface area contributed by atoms with Crippen LogP contribution in [0.15, 0.2) is 23.1 Å². The Bertz CT molecular complexity index is 749. The zero-order valence-electron chi connectivity index (χ0n) is 13.8. The van der Waals surface area contributed by atoms with Gasteiger partial charge in [0.25, 0.3) is 5.91 Å². The highest BCUT2D eigenvalue weighted by atomic mass is 35.5. The number of sulfonamides is 1. The maximum Gasteiger partial charge on any atom is 0.271 e. The number of nitrogens with zero attached hydrogens (tertiary/aromatic N) is 1. The Morgan fingerprint density at radius 1 is 1.24 bits per heavy atom. The topological polar surface area (TPSA) is 90.5 Å². The molecule has 25 heavy (non-hydrogen) atoms. The zero-order chi connectivity index (χ0) is 18.4. The molecule has 1 aliphatic heterocycles.